The van der Waals surface area contributed by atoms with Gasteiger partial charge in [0.25, 0.3) is 47.3 Å². The van der Waals surface area contributed by atoms with E-state index in [1.165, 1.54) is 19.6 Å². The fraction of sp³-hybridized carbons (Fsp3) is 0.316. The third-order valence-corrected chi connectivity index (χ3v) is 21.4. The largest absolute Gasteiger partial charge is 0.272 e. The molecule has 16 nitrogen and oxygen atoms in total. The quantitative estimate of drug-likeness (QED) is 0.0132. The van der Waals surface area contributed by atoms with Crippen LogP contribution in [0.15, 0.2) is 92.6 Å². The van der Waals surface area contributed by atoms with Crippen molar-refractivity contribution in [1.82, 2.24) is 19.6 Å². The molecule has 0 fully saturated rings. The number of benzene rings is 10. The molecule has 4 aliphatic heterocycles. The number of isothiocyanates is 2. The highest BCUT2D eigenvalue weighted by molar-refractivity contribution is 8.04. The van der Waals surface area contributed by atoms with Crippen molar-refractivity contribution >= 4 is 203 Å². The number of fused-ring (bicyclic) bond motifs is 4. The van der Waals surface area contributed by atoms with Crippen molar-refractivity contribution in [3.63, 3.8) is 0 Å². The second-order valence-corrected chi connectivity index (χ2v) is 27.6. The summed E-state index contributed by atoms with van der Waals surface area (Å²) in [4.78, 5) is 128. The van der Waals surface area contributed by atoms with Gasteiger partial charge in [-0.2, -0.15) is 20.5 Å². The van der Waals surface area contributed by atoms with Crippen LogP contribution in [0, 0.1) is 21.3 Å². The molecule has 4 aliphatic rings. The maximum absolute atomic E-state index is 14.2. The van der Waals surface area contributed by atoms with E-state index in [9.17, 15) is 48.9 Å². The van der Waals surface area contributed by atoms with E-state index in [2.05, 4.69) is 58.8 Å². The predicted octanol–water partition coefficient (Wildman–Crippen LogP) is 18.8. The van der Waals surface area contributed by atoms with Gasteiger partial charge in [-0.1, -0.05) is 103 Å². The number of thioether (sulfide) groups is 2. The maximum Gasteiger partial charge on any atom is 0.261 e. The molecule has 480 valence electrons. The Hall–Kier alpha value is -9.36. The fourth-order valence-corrected chi connectivity index (χ4v) is 16.9. The lowest BCUT2D eigenvalue weighted by Gasteiger charge is -2.34. The van der Waals surface area contributed by atoms with E-state index < -0.39 is 17.7 Å². The molecule has 8 amide bonds. The van der Waals surface area contributed by atoms with Crippen LogP contribution in [0.1, 0.15) is 215 Å². The molecule has 4 atom stereocenters. The summed E-state index contributed by atoms with van der Waals surface area (Å²) in [6, 6.07) is 20.0. The Morgan fingerprint density at radius 1 is 0.354 bits per heavy atom. The van der Waals surface area contributed by atoms with E-state index in [0.29, 0.717) is 178 Å². The Balaban J connectivity index is 0.000000174. The molecular formula is C76H64N8O8S4. The highest BCUT2D eigenvalue weighted by atomic mass is 32.2. The van der Waals surface area contributed by atoms with Crippen LogP contribution in [0.3, 0.4) is 0 Å². The number of nitrogens with zero attached hydrogens (tertiary/aromatic N) is 8. The Morgan fingerprint density at radius 2 is 0.615 bits per heavy atom. The number of thiocarbonyl (C=S) groups is 2. The van der Waals surface area contributed by atoms with Crippen molar-refractivity contribution in [2.24, 2.45) is 9.98 Å². The van der Waals surface area contributed by atoms with Crippen LogP contribution in [-0.2, 0) is 0 Å². The average Bonchev–Trinajstić information content (AvgIpc) is 0.688. The summed E-state index contributed by atoms with van der Waals surface area (Å²) in [7, 11) is 0. The van der Waals surface area contributed by atoms with Gasteiger partial charge >= 0.3 is 0 Å². The van der Waals surface area contributed by atoms with E-state index >= 15 is 0 Å². The van der Waals surface area contributed by atoms with Crippen LogP contribution in [0.5, 0.6) is 0 Å². The van der Waals surface area contributed by atoms with Crippen LogP contribution >= 0.6 is 48.0 Å². The molecule has 20 heteroatoms. The SMILES string of the molecule is CCCCC(C)N1C(=O)c2ccc3c4c(N=C=S)cc5c6c(cc(SC#N)c(c7ccc(c2c37)C1=O)c64)C(=O)N(C(C)CCCC)C5=O.CCCCC(C)N1C(=O)c2ccc3c4c(SC#N)cc5c6c(ccc(c7c(N=C=S)cc(c2c37)C1=O)c64)C(=O)N(C(C)CCCC)C5=O. The molecule has 10 aromatic carbocycles. The van der Waals surface area contributed by atoms with Crippen molar-refractivity contribution in [2.75, 3.05) is 0 Å². The molecular weight excluding hydrogens is 1280 g/mol. The summed E-state index contributed by atoms with van der Waals surface area (Å²) in [5.74, 6) is -2.96. The lowest BCUT2D eigenvalue weighted by atomic mass is 9.81. The van der Waals surface area contributed by atoms with E-state index in [1.807, 2.05) is 52.0 Å². The van der Waals surface area contributed by atoms with Crippen LogP contribution < -0.4 is 0 Å². The van der Waals surface area contributed by atoms with Crippen LogP contribution in [-0.4, -0.2) is 101 Å². The van der Waals surface area contributed by atoms with Gasteiger partial charge in [-0.15, -0.1) is 0 Å². The first kappa shape index (κ1) is 65.3. The number of nitriles is 2. The molecule has 0 aromatic heterocycles. The molecule has 10 aromatic rings. The average molecular weight is 1350 g/mol. The lowest BCUT2D eigenvalue weighted by Crippen LogP contribution is -2.46. The van der Waals surface area contributed by atoms with Gasteiger partial charge in [-0.3, -0.25) is 58.0 Å². The second kappa shape index (κ2) is 25.7. The second-order valence-electron chi connectivity index (χ2n) is 25.6. The highest BCUT2D eigenvalue weighted by Gasteiger charge is 2.44. The normalized spacial score (nSPS) is 15.6. The molecule has 14 rings (SSSR count). The first-order chi connectivity index (χ1) is 46.4. The molecule has 0 N–H and O–H groups in total. The first-order valence-corrected chi connectivity index (χ1v) is 35.2. The van der Waals surface area contributed by atoms with Gasteiger partial charge in [0, 0.05) is 127 Å². The highest BCUT2D eigenvalue weighted by Crippen LogP contribution is 2.55. The minimum Gasteiger partial charge on any atom is -0.272 e. The van der Waals surface area contributed by atoms with Gasteiger partial charge in [-0.25, -0.2) is 0 Å². The zero-order chi connectivity index (χ0) is 68.0. The summed E-state index contributed by atoms with van der Waals surface area (Å²) >= 11 is 12.0. The van der Waals surface area contributed by atoms with Gasteiger partial charge < -0.3 is 0 Å². The van der Waals surface area contributed by atoms with E-state index in [4.69, 9.17) is 24.4 Å². The standard InChI is InChI=1S/2C38H32N4O4S2/c1-5-7-9-19(3)41-35(43)23-14-12-22-32-28(48-17-39)16-26-30-24(36(44)42(38(26)46)20(4)10-8-6-2)13-11-21(34(30)32)31-27(40-18-47)15-25(37(41)45)29(23)33(22)31;1-5-7-9-19(3)41-35(43)23-13-11-21-29-22(12-14-24(30(23)29)36(41)44)33-28(48-17-39)16-26-31-25(15-27(40-18-47)32(21)34(31)33)37(45)42(38(26)46)20(4)10-8-6-2/h2*11-16,19-20H,5-10H2,1-4H3. The minimum atomic E-state index is -0.403. The fourth-order valence-electron chi connectivity index (χ4n) is 15.5. The number of carbonyl (C=O) groups excluding carboxylic acids is 8. The topological polar surface area (TPSA) is 222 Å². The monoisotopic (exact) mass is 1340 g/mol. The Morgan fingerprint density at radius 3 is 0.948 bits per heavy atom. The number of hydrogen-bond acceptors (Lipinski definition) is 16. The van der Waals surface area contributed by atoms with Gasteiger partial charge in [0.05, 0.1) is 32.8 Å². The van der Waals surface area contributed by atoms with Gasteiger partial charge in [-0.05, 0) is 177 Å². The molecule has 0 radical (unpaired) electrons. The number of hydrogen-bond donors (Lipinski definition) is 0. The van der Waals surface area contributed by atoms with Gasteiger partial charge in [0.2, 0.25) is 0 Å². The van der Waals surface area contributed by atoms with Crippen molar-refractivity contribution in [2.45, 2.75) is 166 Å². The summed E-state index contributed by atoms with van der Waals surface area (Å²) < 4.78 is 0. The number of imide groups is 4. The van der Waals surface area contributed by atoms with Gasteiger partial charge in [0.1, 0.15) is 10.8 Å². The minimum absolute atomic E-state index is 0.265. The van der Waals surface area contributed by atoms with E-state index in [1.54, 1.807) is 48.5 Å². The number of amides is 8. The van der Waals surface area contributed by atoms with Crippen molar-refractivity contribution < 1.29 is 38.4 Å². The van der Waals surface area contributed by atoms with Crippen molar-refractivity contribution in [1.29, 1.82) is 10.5 Å². The number of rotatable bonds is 20. The van der Waals surface area contributed by atoms with Crippen LogP contribution in [0.25, 0.3) is 86.2 Å². The summed E-state index contributed by atoms with van der Waals surface area (Å²) in [6.07, 6.45) is 10.0. The number of carbonyl (C=O) groups is 8. The molecule has 0 aliphatic carbocycles. The van der Waals surface area contributed by atoms with Crippen LogP contribution in [0.4, 0.5) is 11.4 Å². The smallest absolute Gasteiger partial charge is 0.261 e. The lowest BCUT2D eigenvalue weighted by molar-refractivity contribution is 0.0526. The van der Waals surface area contributed by atoms with Crippen molar-refractivity contribution in [3.8, 4) is 10.8 Å². The Labute approximate surface area is 572 Å². The number of unbranched alkanes of at least 4 members (excludes halogenated alkanes) is 4. The third kappa shape index (κ3) is 9.73. The Bertz CT molecular complexity index is 5340. The summed E-state index contributed by atoms with van der Waals surface area (Å²) in [5.41, 5.74) is 3.87. The predicted molar refractivity (Wildman–Crippen MR) is 386 cm³/mol. The van der Waals surface area contributed by atoms with E-state index in [-0.39, 0.29) is 53.7 Å². The first-order valence-electron chi connectivity index (χ1n) is 32.7. The molecule has 0 spiro atoms. The molecule has 96 heavy (non-hydrogen) atoms. The maximum atomic E-state index is 14.2. The summed E-state index contributed by atoms with van der Waals surface area (Å²) in [6.45, 7) is 15.9. The molecule has 0 saturated carbocycles. The Kier molecular flexibility index (Phi) is 17.5. The molecule has 4 unspecified atom stereocenters. The number of thiocyanates is 2. The zero-order valence-electron chi connectivity index (χ0n) is 54.2. The van der Waals surface area contributed by atoms with Crippen LogP contribution in [0.2, 0.25) is 0 Å². The molecule has 0 saturated heterocycles. The number of aliphatic imine (C=N–C) groups is 2. The zero-order valence-corrected chi connectivity index (χ0v) is 57.5. The molecule has 0 bridgehead atoms. The third-order valence-electron chi connectivity index (χ3n) is 20.0. The van der Waals surface area contributed by atoms with E-state index in [0.717, 1.165) is 74.9 Å². The molecule has 4 heterocycles. The summed E-state index contributed by atoms with van der Waals surface area (Å²) in [5, 5.41) is 39.3. The van der Waals surface area contributed by atoms with Crippen molar-refractivity contribution in [3.05, 3.63) is 117 Å². The van der Waals surface area contributed by atoms with Gasteiger partial charge in [0.15, 0.2) is 0 Å².